The Morgan fingerprint density at radius 2 is 2.25 bits per heavy atom. The highest BCUT2D eigenvalue weighted by Crippen LogP contribution is 2.03. The fourth-order valence-corrected chi connectivity index (χ4v) is 1.13. The summed E-state index contributed by atoms with van der Waals surface area (Å²) in [5.74, 6) is -0.888. The fraction of sp³-hybridized carbons (Fsp3) is 0.636. The van der Waals surface area contributed by atoms with Gasteiger partial charge in [0.1, 0.15) is 6.04 Å². The lowest BCUT2D eigenvalue weighted by atomic mass is 10.1. The van der Waals surface area contributed by atoms with E-state index in [0.717, 1.165) is 12.8 Å². The zero-order valence-corrected chi connectivity index (χ0v) is 9.72. The predicted octanol–water partition coefficient (Wildman–Crippen LogP) is 1.78. The van der Waals surface area contributed by atoms with E-state index in [4.69, 9.17) is 10.8 Å². The summed E-state index contributed by atoms with van der Waals surface area (Å²) in [6.07, 6.45) is 10.1. The van der Waals surface area contributed by atoms with Gasteiger partial charge in [-0.3, -0.25) is 4.79 Å². The largest absolute Gasteiger partial charge is 0.480 e. The molecule has 0 saturated carbocycles. The Hall–Kier alpha value is -1.36. The zero-order chi connectivity index (χ0) is 12.2. The van der Waals surface area contributed by atoms with Gasteiger partial charge in [-0.15, -0.1) is 0 Å². The third kappa shape index (κ3) is 9.21. The Morgan fingerprint density at radius 3 is 2.62 bits per heavy atom. The van der Waals surface area contributed by atoms with Gasteiger partial charge in [-0.05, 0) is 6.42 Å². The summed E-state index contributed by atoms with van der Waals surface area (Å²) in [6.45, 7) is 2.12. The van der Waals surface area contributed by atoms with Crippen molar-refractivity contribution in [2.75, 3.05) is 0 Å². The molecule has 16 heavy (non-hydrogen) atoms. The molecule has 0 aliphatic rings. The molecule has 0 bridgehead atoms. The van der Waals surface area contributed by atoms with Gasteiger partial charge in [0.15, 0.2) is 0 Å². The van der Waals surface area contributed by atoms with E-state index < -0.39 is 12.0 Å². The van der Waals surface area contributed by atoms with Crippen LogP contribution in [-0.2, 0) is 4.79 Å². The molecule has 0 amide bonds. The Labute approximate surface area is 96.1 Å². The average molecular weight is 227 g/mol. The Kier molecular flexibility index (Phi) is 9.30. The number of nitrogens with two attached hydrogens (primary N) is 1. The van der Waals surface area contributed by atoms with Gasteiger partial charge < -0.3 is 15.8 Å². The van der Waals surface area contributed by atoms with Crippen molar-refractivity contribution in [3.63, 3.8) is 0 Å². The lowest BCUT2D eigenvalue weighted by molar-refractivity contribution is -0.138. The molecule has 0 aliphatic carbocycles. The molecule has 1 heterocycles. The number of aromatic nitrogens is 2. The molecule has 4 N–H and O–H groups in total. The highest BCUT2D eigenvalue weighted by Gasteiger charge is 2.09. The van der Waals surface area contributed by atoms with Crippen LogP contribution in [0.15, 0.2) is 18.7 Å². The summed E-state index contributed by atoms with van der Waals surface area (Å²) in [4.78, 5) is 16.7. The number of carboxylic acid groups (broad SMARTS) is 1. The Morgan fingerprint density at radius 1 is 1.50 bits per heavy atom. The first-order chi connectivity index (χ1) is 7.68. The number of hydrogen-bond acceptors (Lipinski definition) is 3. The van der Waals surface area contributed by atoms with E-state index in [1.54, 1.807) is 18.7 Å². The van der Waals surface area contributed by atoms with E-state index in [0.29, 0.717) is 6.42 Å². The SMILES string of the molecule is CCCCCCC(N)C(=O)O.c1c[nH]cn1. The summed E-state index contributed by atoms with van der Waals surface area (Å²) in [7, 11) is 0. The minimum atomic E-state index is -0.888. The van der Waals surface area contributed by atoms with E-state index in [2.05, 4.69) is 16.9 Å². The molecular formula is C11H21N3O2. The molecule has 1 aromatic heterocycles. The molecule has 0 aromatic carbocycles. The number of aromatic amines is 1. The van der Waals surface area contributed by atoms with Gasteiger partial charge in [0.2, 0.25) is 0 Å². The van der Waals surface area contributed by atoms with Crippen LogP contribution in [0.1, 0.15) is 39.0 Å². The molecule has 0 radical (unpaired) electrons. The van der Waals surface area contributed by atoms with Crippen molar-refractivity contribution < 1.29 is 9.90 Å². The number of aliphatic carboxylic acids is 1. The summed E-state index contributed by atoms with van der Waals surface area (Å²) < 4.78 is 0. The number of H-pyrrole nitrogens is 1. The van der Waals surface area contributed by atoms with E-state index in [9.17, 15) is 4.79 Å². The zero-order valence-electron chi connectivity index (χ0n) is 9.72. The molecule has 1 aromatic rings. The maximum atomic E-state index is 10.2. The number of unbranched alkanes of at least 4 members (excludes halogenated alkanes) is 3. The molecule has 0 spiro atoms. The molecule has 92 valence electrons. The number of carboxylic acids is 1. The lowest BCUT2D eigenvalue weighted by Gasteiger charge is -2.04. The number of carbonyl (C=O) groups is 1. The monoisotopic (exact) mass is 227 g/mol. The van der Waals surface area contributed by atoms with Crippen molar-refractivity contribution in [1.82, 2.24) is 9.97 Å². The van der Waals surface area contributed by atoms with Crippen LogP contribution in [0.3, 0.4) is 0 Å². The van der Waals surface area contributed by atoms with Gasteiger partial charge in [-0.25, -0.2) is 4.98 Å². The van der Waals surface area contributed by atoms with E-state index in [1.807, 2.05) is 0 Å². The van der Waals surface area contributed by atoms with Gasteiger partial charge in [-0.1, -0.05) is 32.6 Å². The summed E-state index contributed by atoms with van der Waals surface area (Å²) in [5, 5.41) is 8.41. The minimum Gasteiger partial charge on any atom is -0.480 e. The van der Waals surface area contributed by atoms with Gasteiger partial charge in [0.25, 0.3) is 0 Å². The first kappa shape index (κ1) is 14.6. The standard InChI is InChI=1S/C8H17NO2.C3H4N2/c1-2-3-4-5-6-7(9)8(10)11;1-2-5-3-4-1/h7H,2-6,9H2,1H3,(H,10,11);1-3H,(H,4,5). The van der Waals surface area contributed by atoms with Crippen molar-refractivity contribution in [2.45, 2.75) is 45.1 Å². The first-order valence-electron chi connectivity index (χ1n) is 5.59. The topological polar surface area (TPSA) is 92.0 Å². The number of nitrogens with one attached hydrogen (secondary N) is 1. The molecule has 1 rings (SSSR count). The summed E-state index contributed by atoms with van der Waals surface area (Å²) in [6, 6.07) is -0.660. The molecule has 5 heteroatoms. The second-order valence-electron chi connectivity index (χ2n) is 3.55. The molecule has 0 saturated heterocycles. The summed E-state index contributed by atoms with van der Waals surface area (Å²) in [5.41, 5.74) is 5.30. The quantitative estimate of drug-likeness (QED) is 0.646. The van der Waals surface area contributed by atoms with Crippen molar-refractivity contribution in [3.8, 4) is 0 Å². The maximum Gasteiger partial charge on any atom is 0.320 e. The van der Waals surface area contributed by atoms with Gasteiger partial charge in [-0.2, -0.15) is 0 Å². The average Bonchev–Trinajstić information content (AvgIpc) is 2.82. The number of nitrogens with zero attached hydrogens (tertiary/aromatic N) is 1. The third-order valence-corrected chi connectivity index (χ3v) is 2.09. The van der Waals surface area contributed by atoms with E-state index >= 15 is 0 Å². The normalized spacial score (nSPS) is 11.4. The number of rotatable bonds is 6. The molecule has 0 aliphatic heterocycles. The smallest absolute Gasteiger partial charge is 0.320 e. The van der Waals surface area contributed by atoms with Gasteiger partial charge in [0, 0.05) is 12.4 Å². The molecule has 0 fully saturated rings. The summed E-state index contributed by atoms with van der Waals surface area (Å²) >= 11 is 0. The van der Waals surface area contributed by atoms with Crippen LogP contribution in [0, 0.1) is 0 Å². The van der Waals surface area contributed by atoms with Gasteiger partial charge >= 0.3 is 5.97 Å². The fourth-order valence-electron chi connectivity index (χ4n) is 1.13. The first-order valence-corrected chi connectivity index (χ1v) is 5.59. The second kappa shape index (κ2) is 10.2. The van der Waals surface area contributed by atoms with Crippen molar-refractivity contribution >= 4 is 5.97 Å². The van der Waals surface area contributed by atoms with Gasteiger partial charge in [0.05, 0.1) is 6.33 Å². The second-order valence-corrected chi connectivity index (χ2v) is 3.55. The molecular weight excluding hydrogens is 206 g/mol. The highest BCUT2D eigenvalue weighted by atomic mass is 16.4. The number of imidazole rings is 1. The van der Waals surface area contributed by atoms with Crippen LogP contribution in [-0.4, -0.2) is 27.1 Å². The van der Waals surface area contributed by atoms with E-state index in [-0.39, 0.29) is 0 Å². The van der Waals surface area contributed by atoms with Crippen LogP contribution in [0.2, 0.25) is 0 Å². The minimum absolute atomic E-state index is 0.606. The lowest BCUT2D eigenvalue weighted by Crippen LogP contribution is -2.29. The molecule has 5 nitrogen and oxygen atoms in total. The van der Waals surface area contributed by atoms with Crippen LogP contribution in [0.5, 0.6) is 0 Å². The number of hydrogen-bond donors (Lipinski definition) is 3. The van der Waals surface area contributed by atoms with Crippen LogP contribution < -0.4 is 5.73 Å². The Balaban J connectivity index is 0.000000368. The van der Waals surface area contributed by atoms with E-state index in [1.165, 1.54) is 12.8 Å². The van der Waals surface area contributed by atoms with Crippen molar-refractivity contribution in [3.05, 3.63) is 18.7 Å². The van der Waals surface area contributed by atoms with Crippen LogP contribution >= 0.6 is 0 Å². The molecule has 1 atom stereocenters. The maximum absolute atomic E-state index is 10.2. The van der Waals surface area contributed by atoms with Crippen LogP contribution in [0.4, 0.5) is 0 Å². The highest BCUT2D eigenvalue weighted by molar-refractivity contribution is 5.72. The molecule has 1 unspecified atom stereocenters. The van der Waals surface area contributed by atoms with Crippen molar-refractivity contribution in [1.29, 1.82) is 0 Å². The van der Waals surface area contributed by atoms with Crippen LogP contribution in [0.25, 0.3) is 0 Å². The predicted molar refractivity (Wildman–Crippen MR) is 63.0 cm³/mol. The Bertz CT molecular complexity index is 233. The van der Waals surface area contributed by atoms with Crippen molar-refractivity contribution in [2.24, 2.45) is 5.73 Å². The third-order valence-electron chi connectivity index (χ3n) is 2.09.